The van der Waals surface area contributed by atoms with Gasteiger partial charge in [0.2, 0.25) is 5.91 Å². The van der Waals surface area contributed by atoms with E-state index in [-0.39, 0.29) is 17.7 Å². The number of nitrogens with zero attached hydrogens (tertiary/aromatic N) is 2. The van der Waals surface area contributed by atoms with Crippen LogP contribution in [-0.2, 0) is 11.3 Å². The fraction of sp³-hybridized carbons (Fsp3) is 0.400. The third kappa shape index (κ3) is 4.48. The summed E-state index contributed by atoms with van der Waals surface area (Å²) in [6.45, 7) is 1.86. The fourth-order valence-corrected chi connectivity index (χ4v) is 4.41. The average molecular weight is 389 g/mol. The number of carbonyl (C=O) groups is 2. The number of hydrogen-bond acceptors (Lipinski definition) is 4. The van der Waals surface area contributed by atoms with Crippen molar-refractivity contribution in [2.24, 2.45) is 5.92 Å². The van der Waals surface area contributed by atoms with E-state index in [1.54, 1.807) is 16.7 Å². The van der Waals surface area contributed by atoms with Gasteiger partial charge < -0.3 is 9.80 Å². The minimum absolute atomic E-state index is 0.0489. The molecular weight excluding hydrogens is 364 g/mol. The first-order valence-corrected chi connectivity index (χ1v) is 10.9. The van der Waals surface area contributed by atoms with Gasteiger partial charge in [0.15, 0.2) is 0 Å². The maximum absolute atomic E-state index is 12.9. The Balaban J connectivity index is 1.60. The first kappa shape index (κ1) is 19.0. The lowest BCUT2D eigenvalue weighted by atomic mass is 9.96. The maximum atomic E-state index is 12.9. The Hall–Kier alpha value is -1.79. The van der Waals surface area contributed by atoms with Crippen LogP contribution in [0.25, 0.3) is 0 Å². The molecule has 0 radical (unpaired) electrons. The van der Waals surface area contributed by atoms with E-state index >= 15 is 0 Å². The molecule has 4 nitrogen and oxygen atoms in total. The molecule has 0 unspecified atom stereocenters. The van der Waals surface area contributed by atoms with Gasteiger partial charge >= 0.3 is 0 Å². The van der Waals surface area contributed by atoms with Crippen LogP contribution < -0.4 is 0 Å². The summed E-state index contributed by atoms with van der Waals surface area (Å²) in [6, 6.07) is 12.1. The summed E-state index contributed by atoms with van der Waals surface area (Å²) in [5.74, 6) is 0.0681. The minimum atomic E-state index is -0.108. The molecule has 3 rings (SSSR count). The SMILES string of the molecule is CSc1ccc(CN(C)C(=O)[C@H]2CCCN(C(=O)c3cccs3)C2)cc1. The fourth-order valence-electron chi connectivity index (χ4n) is 3.31. The Morgan fingerprint density at radius 2 is 2.04 bits per heavy atom. The highest BCUT2D eigenvalue weighted by atomic mass is 32.2. The molecule has 1 atom stereocenters. The van der Waals surface area contributed by atoms with Crippen LogP contribution in [0.3, 0.4) is 0 Å². The van der Waals surface area contributed by atoms with E-state index in [2.05, 4.69) is 30.5 Å². The van der Waals surface area contributed by atoms with E-state index in [1.165, 1.54) is 16.2 Å². The number of hydrogen-bond donors (Lipinski definition) is 0. The highest BCUT2D eigenvalue weighted by Gasteiger charge is 2.30. The summed E-state index contributed by atoms with van der Waals surface area (Å²) in [4.78, 5) is 31.0. The van der Waals surface area contributed by atoms with Crippen molar-refractivity contribution in [3.8, 4) is 0 Å². The minimum Gasteiger partial charge on any atom is -0.341 e. The molecule has 138 valence electrons. The number of benzene rings is 1. The molecule has 0 N–H and O–H groups in total. The molecule has 26 heavy (non-hydrogen) atoms. The van der Waals surface area contributed by atoms with Gasteiger partial charge in [-0.2, -0.15) is 0 Å². The van der Waals surface area contributed by atoms with Crippen LogP contribution in [0, 0.1) is 5.92 Å². The average Bonchev–Trinajstić information content (AvgIpc) is 3.22. The predicted octanol–water partition coefficient (Wildman–Crippen LogP) is 3.98. The van der Waals surface area contributed by atoms with Crippen molar-refractivity contribution in [1.82, 2.24) is 9.80 Å². The molecule has 0 saturated carbocycles. The number of piperidine rings is 1. The van der Waals surface area contributed by atoms with Crippen molar-refractivity contribution >= 4 is 34.9 Å². The van der Waals surface area contributed by atoms with E-state index < -0.39 is 0 Å². The van der Waals surface area contributed by atoms with Crippen LogP contribution in [0.4, 0.5) is 0 Å². The Morgan fingerprint density at radius 3 is 2.69 bits per heavy atom. The van der Waals surface area contributed by atoms with E-state index in [1.807, 2.05) is 29.5 Å². The van der Waals surface area contributed by atoms with Crippen molar-refractivity contribution in [2.45, 2.75) is 24.3 Å². The summed E-state index contributed by atoms with van der Waals surface area (Å²) in [5.41, 5.74) is 1.13. The van der Waals surface area contributed by atoms with Crippen molar-refractivity contribution in [1.29, 1.82) is 0 Å². The highest BCUT2D eigenvalue weighted by molar-refractivity contribution is 7.98. The molecule has 0 aliphatic carbocycles. The van der Waals surface area contributed by atoms with Gasteiger partial charge in [-0.15, -0.1) is 23.1 Å². The smallest absolute Gasteiger partial charge is 0.263 e. The number of thiophene rings is 1. The van der Waals surface area contributed by atoms with Gasteiger partial charge in [0.05, 0.1) is 10.8 Å². The first-order chi connectivity index (χ1) is 12.6. The molecule has 1 aliphatic heterocycles. The third-order valence-corrected chi connectivity index (χ3v) is 6.35. The highest BCUT2D eigenvalue weighted by Crippen LogP contribution is 2.23. The second kappa shape index (κ2) is 8.73. The van der Waals surface area contributed by atoms with E-state index in [0.717, 1.165) is 29.8 Å². The quantitative estimate of drug-likeness (QED) is 0.728. The van der Waals surface area contributed by atoms with Crippen LogP contribution in [0.1, 0.15) is 28.1 Å². The van der Waals surface area contributed by atoms with Gasteiger partial charge in [-0.1, -0.05) is 18.2 Å². The zero-order valence-electron chi connectivity index (χ0n) is 15.2. The Kier molecular flexibility index (Phi) is 6.38. The molecule has 2 heterocycles. The number of likely N-dealkylation sites (tertiary alicyclic amines) is 1. The van der Waals surface area contributed by atoms with Crippen molar-refractivity contribution in [2.75, 3.05) is 26.4 Å². The summed E-state index contributed by atoms with van der Waals surface area (Å²) in [7, 11) is 1.85. The van der Waals surface area contributed by atoms with Gasteiger partial charge in [0.1, 0.15) is 0 Å². The normalized spacial score (nSPS) is 17.2. The van der Waals surface area contributed by atoms with Gasteiger partial charge in [-0.05, 0) is 48.2 Å². The van der Waals surface area contributed by atoms with Gasteiger partial charge in [-0.3, -0.25) is 9.59 Å². The molecular formula is C20H24N2O2S2. The second-order valence-corrected chi connectivity index (χ2v) is 8.44. The number of carbonyl (C=O) groups excluding carboxylic acids is 2. The standard InChI is InChI=1S/C20H24N2O2S2/c1-21(13-15-7-9-17(25-2)10-8-15)19(23)16-5-3-11-22(14-16)20(24)18-6-4-12-26-18/h4,6-10,12,16H,3,5,11,13-14H2,1-2H3/t16-/m0/s1. The zero-order valence-corrected chi connectivity index (χ0v) is 16.8. The largest absolute Gasteiger partial charge is 0.341 e. The van der Waals surface area contributed by atoms with E-state index in [4.69, 9.17) is 0 Å². The summed E-state index contributed by atoms with van der Waals surface area (Å²) in [6.07, 6.45) is 3.78. The van der Waals surface area contributed by atoms with Gasteiger partial charge in [0, 0.05) is 31.6 Å². The second-order valence-electron chi connectivity index (χ2n) is 6.61. The summed E-state index contributed by atoms with van der Waals surface area (Å²) in [5, 5.41) is 1.91. The molecule has 2 aromatic rings. The van der Waals surface area contributed by atoms with E-state index in [9.17, 15) is 9.59 Å². The molecule has 1 saturated heterocycles. The van der Waals surface area contributed by atoms with Crippen LogP contribution >= 0.6 is 23.1 Å². The first-order valence-electron chi connectivity index (χ1n) is 8.79. The molecule has 1 aromatic carbocycles. The van der Waals surface area contributed by atoms with Crippen molar-refractivity contribution < 1.29 is 9.59 Å². The summed E-state index contributed by atoms with van der Waals surface area (Å²) < 4.78 is 0. The monoisotopic (exact) mass is 388 g/mol. The zero-order chi connectivity index (χ0) is 18.5. The number of thioether (sulfide) groups is 1. The number of rotatable bonds is 5. The Bertz CT molecular complexity index is 744. The molecule has 0 spiro atoms. The van der Waals surface area contributed by atoms with Crippen molar-refractivity contribution in [3.05, 3.63) is 52.2 Å². The van der Waals surface area contributed by atoms with Gasteiger partial charge in [0.25, 0.3) is 5.91 Å². The lowest BCUT2D eigenvalue weighted by Gasteiger charge is -2.33. The topological polar surface area (TPSA) is 40.6 Å². The number of amides is 2. The molecule has 2 amide bonds. The molecule has 1 aromatic heterocycles. The lowest BCUT2D eigenvalue weighted by Crippen LogP contribution is -2.45. The Labute approximate surface area is 163 Å². The molecule has 1 aliphatic rings. The summed E-state index contributed by atoms with van der Waals surface area (Å²) >= 11 is 3.17. The predicted molar refractivity (Wildman–Crippen MR) is 108 cm³/mol. The Morgan fingerprint density at radius 1 is 1.27 bits per heavy atom. The lowest BCUT2D eigenvalue weighted by molar-refractivity contribution is -0.136. The molecule has 1 fully saturated rings. The van der Waals surface area contributed by atoms with Crippen LogP contribution in [0.2, 0.25) is 0 Å². The van der Waals surface area contributed by atoms with E-state index in [0.29, 0.717) is 13.1 Å². The van der Waals surface area contributed by atoms with Gasteiger partial charge in [-0.25, -0.2) is 0 Å². The van der Waals surface area contributed by atoms with Crippen molar-refractivity contribution in [3.63, 3.8) is 0 Å². The molecule has 0 bridgehead atoms. The maximum Gasteiger partial charge on any atom is 0.263 e. The third-order valence-electron chi connectivity index (χ3n) is 4.74. The van der Waals surface area contributed by atoms with Crippen LogP contribution in [0.15, 0.2) is 46.7 Å². The van der Waals surface area contributed by atoms with Crippen LogP contribution in [0.5, 0.6) is 0 Å². The van der Waals surface area contributed by atoms with Crippen LogP contribution in [-0.4, -0.2) is 48.0 Å². The molecule has 6 heteroatoms.